The molecule has 0 radical (unpaired) electrons. The molecule has 42 heavy (non-hydrogen) atoms. The van der Waals surface area contributed by atoms with Gasteiger partial charge in [0.05, 0.1) is 6.61 Å². The highest BCUT2D eigenvalue weighted by atomic mass is 31.2. The number of benzene rings is 1. The standard InChI is InChI=1S/C30H52N3O8P/c1-11-38-29(39-12-2)42(37,40-13-3)27(21(6)7)33-26(35)24(20(4)5)32-25(34)23(19-22-17-15-14-16-18-22)31-28(36)41-30(8,9)10/h14-18,20-21,23-24,27,29H,11-13,19H2,1-10H3,(H,31,36)(H,32,34)(H,33,35)/t23-,24-,27+,42?/m0/s1. The molecular formula is C30H52N3O8P. The first kappa shape index (κ1) is 37.6. The Bertz CT molecular complexity index is 1020. The number of rotatable bonds is 17. The summed E-state index contributed by atoms with van der Waals surface area (Å²) in [6, 6.07) is 6.01. The van der Waals surface area contributed by atoms with Crippen molar-refractivity contribution in [1.82, 2.24) is 16.0 Å². The number of carbonyl (C=O) groups is 3. The first-order valence-corrected chi connectivity index (χ1v) is 16.5. The molecule has 1 aromatic rings. The number of alkyl carbamates (subject to hydrolysis) is 1. The van der Waals surface area contributed by atoms with Crippen molar-refractivity contribution in [1.29, 1.82) is 0 Å². The van der Waals surface area contributed by atoms with Crippen molar-refractivity contribution in [2.24, 2.45) is 11.8 Å². The summed E-state index contributed by atoms with van der Waals surface area (Å²) in [7, 11) is -3.75. The molecule has 0 aliphatic carbocycles. The van der Waals surface area contributed by atoms with Gasteiger partial charge in [0.25, 0.3) is 7.37 Å². The molecule has 0 fully saturated rings. The third-order valence-corrected chi connectivity index (χ3v) is 9.14. The summed E-state index contributed by atoms with van der Waals surface area (Å²) < 4.78 is 36.8. The minimum Gasteiger partial charge on any atom is -0.444 e. The van der Waals surface area contributed by atoms with Crippen LogP contribution in [0.5, 0.6) is 0 Å². The van der Waals surface area contributed by atoms with E-state index in [4.69, 9.17) is 18.7 Å². The van der Waals surface area contributed by atoms with Crippen LogP contribution in [0.15, 0.2) is 30.3 Å². The Labute approximate surface area is 251 Å². The molecule has 0 saturated heterocycles. The molecule has 0 saturated carbocycles. The van der Waals surface area contributed by atoms with E-state index in [1.807, 2.05) is 44.2 Å². The Hall–Kier alpha value is -2.46. The number of nitrogens with one attached hydrogen (secondary N) is 3. The van der Waals surface area contributed by atoms with Crippen LogP contribution in [0, 0.1) is 11.8 Å². The average molecular weight is 614 g/mol. The van der Waals surface area contributed by atoms with Gasteiger partial charge in [-0.05, 0) is 58.9 Å². The van der Waals surface area contributed by atoms with Gasteiger partial charge in [0.15, 0.2) is 0 Å². The quantitative estimate of drug-likeness (QED) is 0.164. The number of amides is 3. The largest absolute Gasteiger partial charge is 0.444 e. The van der Waals surface area contributed by atoms with Crippen LogP contribution in [0.3, 0.4) is 0 Å². The molecule has 0 aromatic heterocycles. The molecule has 11 nitrogen and oxygen atoms in total. The van der Waals surface area contributed by atoms with E-state index in [-0.39, 0.29) is 38.1 Å². The lowest BCUT2D eigenvalue weighted by Crippen LogP contribution is -2.58. The van der Waals surface area contributed by atoms with Crippen molar-refractivity contribution in [2.75, 3.05) is 19.8 Å². The maximum Gasteiger partial charge on any atom is 0.408 e. The highest BCUT2D eigenvalue weighted by Gasteiger charge is 2.47. The number of ether oxygens (including phenoxy) is 3. The van der Waals surface area contributed by atoms with E-state index in [0.717, 1.165) is 5.56 Å². The third kappa shape index (κ3) is 12.0. The van der Waals surface area contributed by atoms with E-state index in [9.17, 15) is 18.9 Å². The number of hydrogen-bond donors (Lipinski definition) is 3. The molecular weight excluding hydrogens is 561 g/mol. The van der Waals surface area contributed by atoms with Gasteiger partial charge in [-0.15, -0.1) is 0 Å². The maximum absolute atomic E-state index is 14.3. The Morgan fingerprint density at radius 2 is 1.38 bits per heavy atom. The van der Waals surface area contributed by atoms with Crippen molar-refractivity contribution in [3.63, 3.8) is 0 Å². The van der Waals surface area contributed by atoms with Gasteiger partial charge in [-0.3, -0.25) is 14.2 Å². The highest BCUT2D eigenvalue weighted by molar-refractivity contribution is 7.60. The van der Waals surface area contributed by atoms with E-state index in [0.29, 0.717) is 0 Å². The Balaban J connectivity index is 3.30. The number of hydrogen-bond acceptors (Lipinski definition) is 8. The summed E-state index contributed by atoms with van der Waals surface area (Å²) in [5, 5.41) is 8.32. The van der Waals surface area contributed by atoms with Gasteiger partial charge in [-0.25, -0.2) is 4.79 Å². The molecule has 1 rings (SSSR count). The van der Waals surface area contributed by atoms with Crippen molar-refractivity contribution in [3.8, 4) is 0 Å². The zero-order valence-electron chi connectivity index (χ0n) is 26.9. The lowest BCUT2D eigenvalue weighted by atomic mass is 10.0. The molecule has 0 aliphatic rings. The predicted octanol–water partition coefficient (Wildman–Crippen LogP) is 5.03. The van der Waals surface area contributed by atoms with Gasteiger partial charge in [0, 0.05) is 19.6 Å². The van der Waals surface area contributed by atoms with Crippen LogP contribution in [0.25, 0.3) is 0 Å². The smallest absolute Gasteiger partial charge is 0.408 e. The minimum atomic E-state index is -3.75. The lowest BCUT2D eigenvalue weighted by Gasteiger charge is -2.36. The summed E-state index contributed by atoms with van der Waals surface area (Å²) in [6.07, 6.45) is -0.573. The van der Waals surface area contributed by atoms with Gasteiger partial charge in [0.2, 0.25) is 17.8 Å². The van der Waals surface area contributed by atoms with Crippen LogP contribution in [0.2, 0.25) is 0 Å². The summed E-state index contributed by atoms with van der Waals surface area (Å²) in [5.41, 5.74) is 0.0500. The summed E-state index contributed by atoms with van der Waals surface area (Å²) in [5.74, 6) is -2.72. The van der Waals surface area contributed by atoms with Gasteiger partial charge < -0.3 is 34.7 Å². The summed E-state index contributed by atoms with van der Waals surface area (Å²) >= 11 is 0. The van der Waals surface area contributed by atoms with E-state index in [1.54, 1.807) is 55.4 Å². The summed E-state index contributed by atoms with van der Waals surface area (Å²) in [4.78, 5) is 39.9. The minimum absolute atomic E-state index is 0.120. The fourth-order valence-corrected chi connectivity index (χ4v) is 7.02. The molecule has 3 N–H and O–H groups in total. The Morgan fingerprint density at radius 1 is 0.810 bits per heavy atom. The first-order valence-electron chi connectivity index (χ1n) is 14.7. The van der Waals surface area contributed by atoms with E-state index in [2.05, 4.69) is 16.0 Å². The first-order chi connectivity index (χ1) is 19.6. The van der Waals surface area contributed by atoms with Crippen LogP contribution in [0.1, 0.15) is 74.8 Å². The second-order valence-corrected chi connectivity index (χ2v) is 14.1. The van der Waals surface area contributed by atoms with Crippen LogP contribution >= 0.6 is 7.37 Å². The fourth-order valence-electron chi connectivity index (χ4n) is 4.22. The SMILES string of the molecule is CCOC(OCC)P(=O)(OCC)[C@@H](NC(=O)[C@@H](NC(=O)[C@H](Cc1ccccc1)NC(=O)OC(C)(C)C)C(C)C)C(C)C. The lowest BCUT2D eigenvalue weighted by molar-refractivity contribution is -0.131. The molecule has 0 spiro atoms. The molecule has 240 valence electrons. The van der Waals surface area contributed by atoms with Gasteiger partial charge in [-0.1, -0.05) is 58.0 Å². The van der Waals surface area contributed by atoms with Crippen molar-refractivity contribution in [2.45, 2.75) is 105 Å². The van der Waals surface area contributed by atoms with E-state index >= 15 is 0 Å². The van der Waals surface area contributed by atoms with Crippen molar-refractivity contribution in [3.05, 3.63) is 35.9 Å². The second kappa shape index (κ2) is 17.6. The van der Waals surface area contributed by atoms with Crippen LogP contribution < -0.4 is 16.0 Å². The molecule has 0 bridgehead atoms. The zero-order chi connectivity index (χ0) is 32.1. The third-order valence-electron chi connectivity index (χ3n) is 6.09. The van der Waals surface area contributed by atoms with Gasteiger partial charge in [-0.2, -0.15) is 0 Å². The van der Waals surface area contributed by atoms with E-state index in [1.165, 1.54) is 0 Å². The molecule has 0 aliphatic heterocycles. The second-order valence-electron chi connectivity index (χ2n) is 11.6. The molecule has 0 heterocycles. The van der Waals surface area contributed by atoms with Crippen LogP contribution in [0.4, 0.5) is 4.79 Å². The molecule has 4 atom stereocenters. The molecule has 3 amide bonds. The van der Waals surface area contributed by atoms with Gasteiger partial charge in [0.1, 0.15) is 23.5 Å². The highest BCUT2D eigenvalue weighted by Crippen LogP contribution is 2.58. The Morgan fingerprint density at radius 3 is 1.83 bits per heavy atom. The zero-order valence-corrected chi connectivity index (χ0v) is 27.8. The van der Waals surface area contributed by atoms with Crippen molar-refractivity contribution < 1.29 is 37.7 Å². The van der Waals surface area contributed by atoms with Gasteiger partial charge >= 0.3 is 6.09 Å². The maximum atomic E-state index is 14.3. The number of carbonyl (C=O) groups excluding carboxylic acids is 3. The summed E-state index contributed by atoms with van der Waals surface area (Å²) in [6.45, 7) is 18.2. The van der Waals surface area contributed by atoms with Crippen LogP contribution in [-0.2, 0) is 39.3 Å². The van der Waals surface area contributed by atoms with Crippen molar-refractivity contribution >= 4 is 25.3 Å². The molecule has 12 heteroatoms. The average Bonchev–Trinajstić information content (AvgIpc) is 2.88. The predicted molar refractivity (Wildman–Crippen MR) is 163 cm³/mol. The normalized spacial score (nSPS) is 15.5. The fraction of sp³-hybridized carbons (Fsp3) is 0.700. The molecule has 1 aromatic carbocycles. The monoisotopic (exact) mass is 613 g/mol. The van der Waals surface area contributed by atoms with E-state index < -0.39 is 54.8 Å². The topological polar surface area (TPSA) is 141 Å². The molecule has 1 unspecified atom stereocenters. The Kier molecular flexibility index (Phi) is 15.7. The van der Waals surface area contributed by atoms with Crippen LogP contribution in [-0.4, -0.2) is 67.2 Å².